The van der Waals surface area contributed by atoms with E-state index in [2.05, 4.69) is 0 Å². The van der Waals surface area contributed by atoms with E-state index in [-0.39, 0.29) is 29.7 Å². The normalized spacial score (nSPS) is 28.6. The fourth-order valence-electron chi connectivity index (χ4n) is 3.81. The van der Waals surface area contributed by atoms with Crippen molar-refractivity contribution in [3.05, 3.63) is 29.6 Å². The van der Waals surface area contributed by atoms with E-state index in [0.717, 1.165) is 12.3 Å². The van der Waals surface area contributed by atoms with E-state index in [0.29, 0.717) is 11.5 Å². The summed E-state index contributed by atoms with van der Waals surface area (Å²) in [5.41, 5.74) is 0.465. The van der Waals surface area contributed by atoms with Crippen molar-refractivity contribution in [2.45, 2.75) is 32.1 Å². The van der Waals surface area contributed by atoms with Gasteiger partial charge in [0.2, 0.25) is 0 Å². The van der Waals surface area contributed by atoms with Gasteiger partial charge in [0, 0.05) is 12.3 Å². The van der Waals surface area contributed by atoms with Gasteiger partial charge in [0.05, 0.1) is 7.11 Å². The summed E-state index contributed by atoms with van der Waals surface area (Å²) in [4.78, 5) is 12.3. The highest BCUT2D eigenvalue weighted by Gasteiger charge is 2.42. The first-order chi connectivity index (χ1) is 9.19. The molecule has 2 aliphatic carbocycles. The molecule has 0 aromatic heterocycles. The van der Waals surface area contributed by atoms with E-state index in [1.54, 1.807) is 18.2 Å². The number of fused-ring (bicyclic) bond motifs is 2. The molecule has 1 aromatic carbocycles. The lowest BCUT2D eigenvalue weighted by Gasteiger charge is -2.20. The van der Waals surface area contributed by atoms with Crippen molar-refractivity contribution in [3.8, 4) is 5.75 Å². The third kappa shape index (κ3) is 2.26. The molecule has 2 nitrogen and oxygen atoms in total. The second-order valence-corrected chi connectivity index (χ2v) is 5.86. The molecular formula is C16H19FO2. The van der Waals surface area contributed by atoms with Crippen LogP contribution in [0.5, 0.6) is 5.75 Å². The maximum Gasteiger partial charge on any atom is 0.168 e. The Bertz CT molecular complexity index is 498. The molecule has 2 saturated carbocycles. The molecule has 3 unspecified atom stereocenters. The molecule has 0 spiro atoms. The number of methoxy groups -OCH3 is 1. The van der Waals surface area contributed by atoms with Crippen molar-refractivity contribution in [1.82, 2.24) is 0 Å². The van der Waals surface area contributed by atoms with Crippen LogP contribution in [0.25, 0.3) is 0 Å². The maximum absolute atomic E-state index is 14.0. The average molecular weight is 262 g/mol. The second kappa shape index (κ2) is 4.95. The summed E-state index contributed by atoms with van der Waals surface area (Å²) < 4.78 is 19.0. The minimum absolute atomic E-state index is 0.171. The first-order valence-electron chi connectivity index (χ1n) is 7.03. The molecule has 0 aliphatic heterocycles. The van der Waals surface area contributed by atoms with Gasteiger partial charge in [-0.1, -0.05) is 18.6 Å². The number of hydrogen-bond acceptors (Lipinski definition) is 2. The van der Waals surface area contributed by atoms with Gasteiger partial charge in [0.1, 0.15) is 5.78 Å². The lowest BCUT2D eigenvalue weighted by molar-refractivity contribution is -0.123. The Morgan fingerprint density at radius 2 is 2.21 bits per heavy atom. The van der Waals surface area contributed by atoms with Gasteiger partial charge in [0.25, 0.3) is 0 Å². The topological polar surface area (TPSA) is 26.3 Å². The van der Waals surface area contributed by atoms with E-state index in [4.69, 9.17) is 4.74 Å². The predicted octanol–water partition coefficient (Wildman–Crippen LogP) is 3.38. The summed E-state index contributed by atoms with van der Waals surface area (Å²) >= 11 is 0. The second-order valence-electron chi connectivity index (χ2n) is 5.86. The van der Waals surface area contributed by atoms with E-state index < -0.39 is 0 Å². The highest BCUT2D eigenvalue weighted by molar-refractivity contribution is 5.84. The Kier molecular flexibility index (Phi) is 3.29. The number of benzene rings is 1. The zero-order valence-corrected chi connectivity index (χ0v) is 11.2. The number of carbonyl (C=O) groups excluding carboxylic acids is 1. The minimum atomic E-state index is -0.387. The van der Waals surface area contributed by atoms with E-state index in [1.807, 2.05) is 0 Å². The highest BCUT2D eigenvalue weighted by Crippen LogP contribution is 2.48. The molecule has 3 heteroatoms. The van der Waals surface area contributed by atoms with Gasteiger partial charge >= 0.3 is 0 Å². The summed E-state index contributed by atoms with van der Waals surface area (Å²) in [6, 6.07) is 5.01. The summed E-state index contributed by atoms with van der Waals surface area (Å²) in [6.07, 6.45) is 4.90. The van der Waals surface area contributed by atoms with Crippen molar-refractivity contribution in [1.29, 1.82) is 0 Å². The predicted molar refractivity (Wildman–Crippen MR) is 70.6 cm³/mol. The minimum Gasteiger partial charge on any atom is -0.494 e. The Hall–Kier alpha value is -1.38. The molecule has 1 aromatic rings. The first kappa shape index (κ1) is 12.6. The van der Waals surface area contributed by atoms with E-state index in [1.165, 1.54) is 26.4 Å². The molecule has 2 bridgehead atoms. The average Bonchev–Trinajstić information content (AvgIpc) is 3.03. The van der Waals surface area contributed by atoms with E-state index in [9.17, 15) is 9.18 Å². The molecule has 19 heavy (non-hydrogen) atoms. The first-order valence-corrected chi connectivity index (χ1v) is 7.03. The Labute approximate surface area is 113 Å². The van der Waals surface area contributed by atoms with Crippen LogP contribution in [0, 0.1) is 23.6 Å². The number of ketones is 1. The van der Waals surface area contributed by atoms with Crippen molar-refractivity contribution in [2.24, 2.45) is 17.8 Å². The van der Waals surface area contributed by atoms with Crippen molar-refractivity contribution >= 4 is 5.78 Å². The molecule has 0 amide bonds. The smallest absolute Gasteiger partial charge is 0.168 e. The SMILES string of the molecule is COc1cccc(CC(=O)C2CC3CCC2C3)c1F. The monoisotopic (exact) mass is 262 g/mol. The molecule has 0 radical (unpaired) electrons. The quantitative estimate of drug-likeness (QED) is 0.831. The molecule has 0 heterocycles. The molecule has 102 valence electrons. The number of Topliss-reactive ketones (excluding diaryl/α,β-unsaturated/α-hetero) is 1. The molecular weight excluding hydrogens is 243 g/mol. The van der Waals surface area contributed by atoms with Crippen LogP contribution >= 0.6 is 0 Å². The lowest BCUT2D eigenvalue weighted by Crippen LogP contribution is -2.23. The summed E-state index contributed by atoms with van der Waals surface area (Å²) in [5, 5.41) is 0. The van der Waals surface area contributed by atoms with Crippen molar-refractivity contribution in [2.75, 3.05) is 7.11 Å². The van der Waals surface area contributed by atoms with Crippen LogP contribution in [-0.2, 0) is 11.2 Å². The van der Waals surface area contributed by atoms with Gasteiger partial charge in [-0.3, -0.25) is 4.79 Å². The number of ether oxygens (including phenoxy) is 1. The van der Waals surface area contributed by atoms with Crippen LogP contribution in [0.15, 0.2) is 18.2 Å². The Morgan fingerprint density at radius 3 is 2.84 bits per heavy atom. The van der Waals surface area contributed by atoms with Crippen LogP contribution in [-0.4, -0.2) is 12.9 Å². The highest BCUT2D eigenvalue weighted by atomic mass is 19.1. The largest absolute Gasteiger partial charge is 0.494 e. The molecule has 2 fully saturated rings. The maximum atomic E-state index is 14.0. The summed E-state index contributed by atoms with van der Waals surface area (Å²) in [6.45, 7) is 0. The fraction of sp³-hybridized carbons (Fsp3) is 0.562. The Balaban J connectivity index is 1.73. The van der Waals surface area contributed by atoms with Crippen molar-refractivity contribution in [3.63, 3.8) is 0 Å². The fourth-order valence-corrected chi connectivity index (χ4v) is 3.81. The number of rotatable bonds is 4. The van der Waals surface area contributed by atoms with Crippen LogP contribution in [0.3, 0.4) is 0 Å². The van der Waals surface area contributed by atoms with Gasteiger partial charge in [-0.15, -0.1) is 0 Å². The summed E-state index contributed by atoms with van der Waals surface area (Å²) in [7, 11) is 1.44. The van der Waals surface area contributed by atoms with Crippen molar-refractivity contribution < 1.29 is 13.9 Å². The molecule has 0 saturated heterocycles. The van der Waals surface area contributed by atoms with Crippen LogP contribution in [0.4, 0.5) is 4.39 Å². The molecule has 0 N–H and O–H groups in total. The van der Waals surface area contributed by atoms with Crippen LogP contribution in [0.2, 0.25) is 0 Å². The van der Waals surface area contributed by atoms with Gasteiger partial charge in [0.15, 0.2) is 11.6 Å². The van der Waals surface area contributed by atoms with Gasteiger partial charge < -0.3 is 4.74 Å². The lowest BCUT2D eigenvalue weighted by atomic mass is 9.83. The number of halogens is 1. The number of carbonyl (C=O) groups is 1. The van der Waals surface area contributed by atoms with Crippen LogP contribution in [0.1, 0.15) is 31.2 Å². The third-order valence-corrected chi connectivity index (χ3v) is 4.78. The zero-order chi connectivity index (χ0) is 13.4. The van der Waals surface area contributed by atoms with Gasteiger partial charge in [-0.05, 0) is 42.7 Å². The molecule has 3 rings (SSSR count). The molecule has 3 atom stereocenters. The van der Waals surface area contributed by atoms with Gasteiger partial charge in [-0.25, -0.2) is 4.39 Å². The Morgan fingerprint density at radius 1 is 1.37 bits per heavy atom. The van der Waals surface area contributed by atoms with Gasteiger partial charge in [-0.2, -0.15) is 0 Å². The standard InChI is InChI=1S/C16H19FO2/c1-19-15-4-2-3-12(16(15)17)9-14(18)13-8-10-5-6-11(13)7-10/h2-4,10-11,13H,5-9H2,1H3. The third-order valence-electron chi connectivity index (χ3n) is 4.78. The molecule has 2 aliphatic rings. The summed E-state index contributed by atoms with van der Waals surface area (Å²) in [5.74, 6) is 1.52. The van der Waals surface area contributed by atoms with Crippen LogP contribution < -0.4 is 4.74 Å². The van der Waals surface area contributed by atoms with E-state index >= 15 is 0 Å². The number of hydrogen-bond donors (Lipinski definition) is 0. The zero-order valence-electron chi connectivity index (χ0n) is 11.2.